The van der Waals surface area contributed by atoms with Crippen molar-refractivity contribution in [1.82, 2.24) is 5.32 Å². The normalized spacial score (nSPS) is 12.0. The molecule has 24 heavy (non-hydrogen) atoms. The number of hydrogen-bond acceptors (Lipinski definition) is 4. The fourth-order valence-corrected chi connectivity index (χ4v) is 2.33. The zero-order valence-corrected chi connectivity index (χ0v) is 16.1. The number of esters is 1. The van der Waals surface area contributed by atoms with Crippen LogP contribution in [0.25, 0.3) is 0 Å². The molecule has 1 atom stereocenters. The molecule has 0 aromatic carbocycles. The summed E-state index contributed by atoms with van der Waals surface area (Å²) >= 11 is 0. The molecule has 5 nitrogen and oxygen atoms in total. The number of rotatable bonds is 14. The molecule has 142 valence electrons. The van der Waals surface area contributed by atoms with Crippen molar-refractivity contribution in [2.75, 3.05) is 13.2 Å². The van der Waals surface area contributed by atoms with Crippen molar-refractivity contribution in [3.8, 4) is 0 Å². The zero-order valence-electron chi connectivity index (χ0n) is 16.1. The Hall–Kier alpha value is -1.26. The molecular formula is C19H37NO4. The number of unbranched alkanes of at least 4 members (excludes halogenated alkanes) is 6. The lowest BCUT2D eigenvalue weighted by atomic mass is 10.0. The highest BCUT2D eigenvalue weighted by Gasteiger charge is 2.23. The van der Waals surface area contributed by atoms with Crippen LogP contribution in [0, 0.1) is 5.92 Å². The van der Waals surface area contributed by atoms with Crippen molar-refractivity contribution in [3.05, 3.63) is 0 Å². The van der Waals surface area contributed by atoms with Crippen LogP contribution in [0.2, 0.25) is 0 Å². The highest BCUT2D eigenvalue weighted by molar-refractivity contribution is 5.81. The summed E-state index contributed by atoms with van der Waals surface area (Å²) in [4.78, 5) is 23.9. The monoisotopic (exact) mass is 343 g/mol. The summed E-state index contributed by atoms with van der Waals surface area (Å²) < 4.78 is 10.4. The first kappa shape index (κ1) is 22.7. The van der Waals surface area contributed by atoms with Gasteiger partial charge in [-0.3, -0.25) is 0 Å². The maximum absolute atomic E-state index is 12.2. The molecule has 0 radical (unpaired) electrons. The smallest absolute Gasteiger partial charge is 0.407 e. The number of amides is 1. The Bertz CT molecular complexity index is 331. The van der Waals surface area contributed by atoms with Crippen molar-refractivity contribution >= 4 is 12.1 Å². The standard InChI is InChI=1S/C19H37NO4/c1-5-7-9-10-11-12-14-23-18(21)17(15-16(3)4)20-19(22)24-13-8-6-2/h16-17H,5-15H2,1-4H3,(H,20,22)/t17-/m0/s1. The summed E-state index contributed by atoms with van der Waals surface area (Å²) in [5, 5.41) is 2.64. The van der Waals surface area contributed by atoms with Gasteiger partial charge in [0.05, 0.1) is 13.2 Å². The Labute approximate surface area is 147 Å². The average molecular weight is 344 g/mol. The molecule has 0 aromatic heterocycles. The Morgan fingerprint density at radius 1 is 0.833 bits per heavy atom. The molecule has 0 rings (SSSR count). The number of nitrogens with one attached hydrogen (secondary N) is 1. The van der Waals surface area contributed by atoms with E-state index < -0.39 is 12.1 Å². The molecule has 0 unspecified atom stereocenters. The van der Waals surface area contributed by atoms with Gasteiger partial charge in [0, 0.05) is 0 Å². The highest BCUT2D eigenvalue weighted by atomic mass is 16.6. The van der Waals surface area contributed by atoms with Crippen LogP contribution >= 0.6 is 0 Å². The van der Waals surface area contributed by atoms with Gasteiger partial charge >= 0.3 is 12.1 Å². The molecule has 0 aliphatic rings. The van der Waals surface area contributed by atoms with E-state index in [1.165, 1.54) is 25.7 Å². The van der Waals surface area contributed by atoms with Gasteiger partial charge in [-0.05, 0) is 25.2 Å². The summed E-state index contributed by atoms with van der Waals surface area (Å²) in [6.07, 6.45) is 8.68. The Morgan fingerprint density at radius 2 is 1.42 bits per heavy atom. The fourth-order valence-electron chi connectivity index (χ4n) is 2.33. The van der Waals surface area contributed by atoms with E-state index in [-0.39, 0.29) is 11.9 Å². The first-order valence-electron chi connectivity index (χ1n) is 9.61. The van der Waals surface area contributed by atoms with Crippen molar-refractivity contribution in [2.24, 2.45) is 5.92 Å². The van der Waals surface area contributed by atoms with Crippen molar-refractivity contribution < 1.29 is 19.1 Å². The SMILES string of the molecule is CCCCCCCCOC(=O)[C@H](CC(C)C)NC(=O)OCCCC. The third-order valence-corrected chi connectivity index (χ3v) is 3.76. The molecule has 0 spiro atoms. The molecular weight excluding hydrogens is 306 g/mol. The summed E-state index contributed by atoms with van der Waals surface area (Å²) in [5.41, 5.74) is 0. The van der Waals surface area contributed by atoms with Gasteiger partial charge < -0.3 is 14.8 Å². The number of carbonyl (C=O) groups excluding carboxylic acids is 2. The Balaban J connectivity index is 4.09. The zero-order chi connectivity index (χ0) is 18.2. The van der Waals surface area contributed by atoms with Crippen LogP contribution in [0.15, 0.2) is 0 Å². The summed E-state index contributed by atoms with van der Waals surface area (Å²) in [7, 11) is 0. The minimum absolute atomic E-state index is 0.285. The second-order valence-electron chi connectivity index (χ2n) is 6.75. The van der Waals surface area contributed by atoms with E-state index in [0.29, 0.717) is 19.6 Å². The third-order valence-electron chi connectivity index (χ3n) is 3.76. The number of ether oxygens (including phenoxy) is 2. The fraction of sp³-hybridized carbons (Fsp3) is 0.895. The predicted molar refractivity (Wildman–Crippen MR) is 97.0 cm³/mol. The first-order chi connectivity index (χ1) is 11.5. The van der Waals surface area contributed by atoms with Gasteiger partial charge in [0.15, 0.2) is 0 Å². The van der Waals surface area contributed by atoms with E-state index in [4.69, 9.17) is 9.47 Å². The Kier molecular flexibility index (Phi) is 14.5. The lowest BCUT2D eigenvalue weighted by molar-refractivity contribution is -0.146. The van der Waals surface area contributed by atoms with Gasteiger partial charge in [-0.15, -0.1) is 0 Å². The van der Waals surface area contributed by atoms with Crippen LogP contribution in [-0.4, -0.2) is 31.3 Å². The molecule has 0 saturated heterocycles. The van der Waals surface area contributed by atoms with Gasteiger partial charge in [-0.2, -0.15) is 0 Å². The molecule has 0 aliphatic heterocycles. The number of carbonyl (C=O) groups is 2. The number of hydrogen-bond donors (Lipinski definition) is 1. The van der Waals surface area contributed by atoms with E-state index in [1.54, 1.807) is 0 Å². The summed E-state index contributed by atoms with van der Waals surface area (Å²) in [6, 6.07) is -0.626. The minimum Gasteiger partial charge on any atom is -0.464 e. The third kappa shape index (κ3) is 13.2. The van der Waals surface area contributed by atoms with E-state index in [9.17, 15) is 9.59 Å². The molecule has 0 aliphatic carbocycles. The molecule has 0 aromatic rings. The summed E-state index contributed by atoms with van der Waals surface area (Å²) in [6.45, 7) is 9.05. The van der Waals surface area contributed by atoms with E-state index in [0.717, 1.165) is 25.7 Å². The molecule has 0 heterocycles. The summed E-state index contributed by atoms with van der Waals surface area (Å²) in [5.74, 6) is -0.0720. The van der Waals surface area contributed by atoms with Crippen molar-refractivity contribution in [1.29, 1.82) is 0 Å². The van der Waals surface area contributed by atoms with Crippen LogP contribution < -0.4 is 5.32 Å². The topological polar surface area (TPSA) is 64.6 Å². The van der Waals surface area contributed by atoms with Crippen LogP contribution in [0.4, 0.5) is 4.79 Å². The van der Waals surface area contributed by atoms with Crippen LogP contribution in [0.5, 0.6) is 0 Å². The van der Waals surface area contributed by atoms with Gasteiger partial charge in [-0.1, -0.05) is 66.2 Å². The second kappa shape index (κ2) is 15.3. The quantitative estimate of drug-likeness (QED) is 0.362. The van der Waals surface area contributed by atoms with Crippen molar-refractivity contribution in [3.63, 3.8) is 0 Å². The van der Waals surface area contributed by atoms with E-state index in [1.807, 2.05) is 20.8 Å². The molecule has 1 N–H and O–H groups in total. The van der Waals surface area contributed by atoms with Gasteiger partial charge in [-0.25, -0.2) is 9.59 Å². The van der Waals surface area contributed by atoms with Gasteiger partial charge in [0.25, 0.3) is 0 Å². The molecule has 0 saturated carbocycles. The lowest BCUT2D eigenvalue weighted by Crippen LogP contribution is -2.43. The maximum atomic E-state index is 12.2. The predicted octanol–water partition coefficient (Wildman–Crippen LogP) is 4.83. The number of alkyl carbamates (subject to hydrolysis) is 1. The largest absolute Gasteiger partial charge is 0.464 e. The molecule has 1 amide bonds. The minimum atomic E-state index is -0.626. The molecule has 0 bridgehead atoms. The Morgan fingerprint density at radius 3 is 2.04 bits per heavy atom. The highest BCUT2D eigenvalue weighted by Crippen LogP contribution is 2.09. The molecule has 0 fully saturated rings. The maximum Gasteiger partial charge on any atom is 0.407 e. The van der Waals surface area contributed by atoms with Crippen molar-refractivity contribution in [2.45, 2.75) is 91.5 Å². The van der Waals surface area contributed by atoms with Gasteiger partial charge in [0.2, 0.25) is 0 Å². The van der Waals surface area contributed by atoms with Crippen LogP contribution in [0.3, 0.4) is 0 Å². The molecule has 5 heteroatoms. The second-order valence-corrected chi connectivity index (χ2v) is 6.75. The van der Waals surface area contributed by atoms with E-state index in [2.05, 4.69) is 12.2 Å². The van der Waals surface area contributed by atoms with Gasteiger partial charge in [0.1, 0.15) is 6.04 Å². The van der Waals surface area contributed by atoms with E-state index >= 15 is 0 Å². The van der Waals surface area contributed by atoms with Crippen LogP contribution in [0.1, 0.15) is 85.5 Å². The lowest BCUT2D eigenvalue weighted by Gasteiger charge is -2.19. The average Bonchev–Trinajstić information content (AvgIpc) is 2.53. The van der Waals surface area contributed by atoms with Crippen LogP contribution in [-0.2, 0) is 14.3 Å². The first-order valence-corrected chi connectivity index (χ1v) is 9.61.